The minimum Gasteiger partial charge on any atom is -0.472 e. The van der Waals surface area contributed by atoms with Crippen molar-refractivity contribution in [1.29, 1.82) is 0 Å². The molecule has 3 rings (SSSR count). The van der Waals surface area contributed by atoms with Gasteiger partial charge in [0.1, 0.15) is 0 Å². The number of para-hydroxylation sites is 1. The predicted molar refractivity (Wildman–Crippen MR) is 90.0 cm³/mol. The number of hydrogen-bond acceptors (Lipinski definition) is 4. The van der Waals surface area contributed by atoms with Gasteiger partial charge >= 0.3 is 0 Å². The molecule has 2 heterocycles. The van der Waals surface area contributed by atoms with Crippen LogP contribution in [0, 0.1) is 0 Å². The van der Waals surface area contributed by atoms with Gasteiger partial charge in [-0.15, -0.1) is 0 Å². The van der Waals surface area contributed by atoms with Crippen LogP contribution in [0.5, 0.6) is 5.88 Å². The number of hydrogen-bond donors (Lipinski definition) is 2. The van der Waals surface area contributed by atoms with E-state index in [1.165, 1.54) is 12.3 Å². The Kier molecular flexibility index (Phi) is 5.40. The van der Waals surface area contributed by atoms with Gasteiger partial charge in [-0.2, -0.15) is 0 Å². The number of amides is 2. The Morgan fingerprint density at radius 2 is 2.12 bits per heavy atom. The number of ether oxygens (including phenoxy) is 1. The molecule has 0 spiro atoms. The molecular formula is C18H17F2N3O3. The molecule has 1 aromatic carbocycles. The molecule has 0 aliphatic carbocycles. The first-order chi connectivity index (χ1) is 12.5. The molecule has 1 unspecified atom stereocenters. The fraction of sp³-hybridized carbons (Fsp3) is 0.278. The SMILES string of the molecule is O=C(CC1C(=O)Nc2ccccc21)NCc1ccnc(OCC(F)F)c1. The van der Waals surface area contributed by atoms with E-state index in [9.17, 15) is 18.4 Å². The summed E-state index contributed by atoms with van der Waals surface area (Å²) < 4.78 is 29.2. The van der Waals surface area contributed by atoms with Crippen molar-refractivity contribution in [1.82, 2.24) is 10.3 Å². The number of fused-ring (bicyclic) bond motifs is 1. The van der Waals surface area contributed by atoms with Crippen LogP contribution in [-0.4, -0.2) is 29.8 Å². The maximum atomic E-state index is 12.2. The zero-order chi connectivity index (χ0) is 18.5. The molecular weight excluding hydrogens is 344 g/mol. The van der Waals surface area contributed by atoms with Crippen LogP contribution in [0.2, 0.25) is 0 Å². The Morgan fingerprint density at radius 3 is 2.92 bits per heavy atom. The van der Waals surface area contributed by atoms with E-state index in [-0.39, 0.29) is 30.7 Å². The third-order valence-corrected chi connectivity index (χ3v) is 3.95. The summed E-state index contributed by atoms with van der Waals surface area (Å²) in [5.74, 6) is -0.934. The van der Waals surface area contributed by atoms with Gasteiger partial charge < -0.3 is 15.4 Å². The highest BCUT2D eigenvalue weighted by atomic mass is 19.3. The van der Waals surface area contributed by atoms with Gasteiger partial charge in [0.25, 0.3) is 6.43 Å². The summed E-state index contributed by atoms with van der Waals surface area (Å²) in [4.78, 5) is 28.1. The number of alkyl halides is 2. The van der Waals surface area contributed by atoms with Crippen molar-refractivity contribution in [2.45, 2.75) is 25.3 Å². The molecule has 0 fully saturated rings. The maximum absolute atomic E-state index is 12.2. The van der Waals surface area contributed by atoms with Crippen molar-refractivity contribution < 1.29 is 23.1 Å². The van der Waals surface area contributed by atoms with Crippen molar-refractivity contribution in [2.24, 2.45) is 0 Å². The smallest absolute Gasteiger partial charge is 0.272 e. The van der Waals surface area contributed by atoms with E-state index in [1.807, 2.05) is 18.2 Å². The first kappa shape index (κ1) is 17.8. The molecule has 136 valence electrons. The van der Waals surface area contributed by atoms with Crippen molar-refractivity contribution in [3.8, 4) is 5.88 Å². The topological polar surface area (TPSA) is 80.3 Å². The number of carbonyl (C=O) groups is 2. The molecule has 6 nitrogen and oxygen atoms in total. The standard InChI is InChI=1S/C18H17F2N3O3/c19-15(20)10-26-17-7-11(5-6-21-17)9-22-16(24)8-13-12-3-1-2-4-14(12)23-18(13)25/h1-7,13,15H,8-10H2,(H,22,24)(H,23,25). The predicted octanol–water partition coefficient (Wildman–Crippen LogP) is 2.47. The number of rotatable bonds is 7. The Bertz CT molecular complexity index is 814. The van der Waals surface area contributed by atoms with Gasteiger partial charge in [-0.05, 0) is 23.3 Å². The highest BCUT2D eigenvalue weighted by Gasteiger charge is 2.31. The van der Waals surface area contributed by atoms with Crippen molar-refractivity contribution in [2.75, 3.05) is 11.9 Å². The third-order valence-electron chi connectivity index (χ3n) is 3.95. The summed E-state index contributed by atoms with van der Waals surface area (Å²) >= 11 is 0. The quantitative estimate of drug-likeness (QED) is 0.794. The molecule has 2 amide bonds. The molecule has 1 aliphatic heterocycles. The van der Waals surface area contributed by atoms with Gasteiger partial charge in [0, 0.05) is 30.9 Å². The number of halogens is 2. The normalized spacial score (nSPS) is 15.5. The first-order valence-electron chi connectivity index (χ1n) is 8.05. The van der Waals surface area contributed by atoms with E-state index in [0.717, 1.165) is 11.3 Å². The third kappa shape index (κ3) is 4.33. The Hall–Kier alpha value is -3.03. The highest BCUT2D eigenvalue weighted by Crippen LogP contribution is 2.34. The minimum atomic E-state index is -2.58. The van der Waals surface area contributed by atoms with Crippen LogP contribution in [0.3, 0.4) is 0 Å². The van der Waals surface area contributed by atoms with Gasteiger partial charge in [0.2, 0.25) is 17.7 Å². The van der Waals surface area contributed by atoms with Crippen LogP contribution in [0.25, 0.3) is 0 Å². The van der Waals surface area contributed by atoms with Crippen LogP contribution >= 0.6 is 0 Å². The largest absolute Gasteiger partial charge is 0.472 e. The lowest BCUT2D eigenvalue weighted by atomic mass is 9.97. The monoisotopic (exact) mass is 361 g/mol. The Morgan fingerprint density at radius 1 is 1.31 bits per heavy atom. The minimum absolute atomic E-state index is 0.0304. The number of pyridine rings is 1. The number of anilines is 1. The lowest BCUT2D eigenvalue weighted by Gasteiger charge is -2.10. The molecule has 1 aromatic heterocycles. The van der Waals surface area contributed by atoms with Crippen molar-refractivity contribution in [3.63, 3.8) is 0 Å². The van der Waals surface area contributed by atoms with Gasteiger partial charge in [-0.1, -0.05) is 18.2 Å². The van der Waals surface area contributed by atoms with E-state index in [4.69, 9.17) is 4.74 Å². The van der Waals surface area contributed by atoms with Crippen LogP contribution < -0.4 is 15.4 Å². The summed E-state index contributed by atoms with van der Waals surface area (Å²) in [6.07, 6.45) is -1.13. The van der Waals surface area contributed by atoms with E-state index in [0.29, 0.717) is 5.56 Å². The summed E-state index contributed by atoms with van der Waals surface area (Å²) in [5, 5.41) is 5.47. The zero-order valence-electron chi connectivity index (χ0n) is 13.7. The summed E-state index contributed by atoms with van der Waals surface area (Å²) in [5.41, 5.74) is 2.19. The average Bonchev–Trinajstić information content (AvgIpc) is 2.94. The molecule has 1 atom stereocenters. The van der Waals surface area contributed by atoms with Gasteiger partial charge in [-0.25, -0.2) is 13.8 Å². The van der Waals surface area contributed by atoms with Gasteiger partial charge in [0.15, 0.2) is 6.61 Å². The van der Waals surface area contributed by atoms with E-state index in [2.05, 4.69) is 15.6 Å². The van der Waals surface area contributed by atoms with Crippen LogP contribution in [0.15, 0.2) is 42.6 Å². The molecule has 0 radical (unpaired) electrons. The lowest BCUT2D eigenvalue weighted by Crippen LogP contribution is -2.26. The Labute approximate surface area is 148 Å². The van der Waals surface area contributed by atoms with E-state index >= 15 is 0 Å². The molecule has 0 saturated carbocycles. The van der Waals surface area contributed by atoms with Crippen molar-refractivity contribution >= 4 is 17.5 Å². The molecule has 2 aromatic rings. The van der Waals surface area contributed by atoms with E-state index < -0.39 is 19.0 Å². The molecule has 0 saturated heterocycles. The van der Waals surface area contributed by atoms with Crippen LogP contribution in [0.4, 0.5) is 14.5 Å². The van der Waals surface area contributed by atoms with E-state index in [1.54, 1.807) is 12.1 Å². The first-order valence-corrected chi connectivity index (χ1v) is 8.05. The van der Waals surface area contributed by atoms with Crippen LogP contribution in [0.1, 0.15) is 23.5 Å². The lowest BCUT2D eigenvalue weighted by molar-refractivity contribution is -0.125. The molecule has 8 heteroatoms. The fourth-order valence-corrected chi connectivity index (χ4v) is 2.72. The fourth-order valence-electron chi connectivity index (χ4n) is 2.72. The number of carbonyl (C=O) groups excluding carboxylic acids is 2. The number of benzene rings is 1. The van der Waals surface area contributed by atoms with Gasteiger partial charge in [0.05, 0.1) is 5.92 Å². The van der Waals surface area contributed by atoms with Crippen molar-refractivity contribution in [3.05, 3.63) is 53.7 Å². The summed E-state index contributed by atoms with van der Waals surface area (Å²) in [7, 11) is 0. The molecule has 2 N–H and O–H groups in total. The molecule has 26 heavy (non-hydrogen) atoms. The number of aromatic nitrogens is 1. The average molecular weight is 361 g/mol. The number of nitrogens with zero attached hydrogens (tertiary/aromatic N) is 1. The second-order valence-corrected chi connectivity index (χ2v) is 5.81. The van der Waals surface area contributed by atoms with Crippen LogP contribution in [-0.2, 0) is 16.1 Å². The van der Waals surface area contributed by atoms with Gasteiger partial charge in [-0.3, -0.25) is 9.59 Å². The molecule has 0 bridgehead atoms. The molecule has 1 aliphatic rings. The summed E-state index contributed by atoms with van der Waals surface area (Å²) in [6.45, 7) is -0.554. The second kappa shape index (κ2) is 7.90. The zero-order valence-corrected chi connectivity index (χ0v) is 13.7. The Balaban J connectivity index is 1.55. The second-order valence-electron chi connectivity index (χ2n) is 5.81. The number of nitrogens with one attached hydrogen (secondary N) is 2. The summed E-state index contributed by atoms with van der Waals surface area (Å²) in [6, 6.07) is 10.4. The maximum Gasteiger partial charge on any atom is 0.272 e. The highest BCUT2D eigenvalue weighted by molar-refractivity contribution is 6.04.